The number of methoxy groups -OCH3 is 1. The first-order valence-corrected chi connectivity index (χ1v) is 9.39. The minimum Gasteiger partial charge on any atom is -0.506 e. The highest BCUT2D eigenvalue weighted by molar-refractivity contribution is 14.1. The Balaban J connectivity index is 1.75. The summed E-state index contributed by atoms with van der Waals surface area (Å²) in [5, 5.41) is 13.3. The van der Waals surface area contributed by atoms with Crippen molar-refractivity contribution in [2.24, 2.45) is 0 Å². The van der Waals surface area contributed by atoms with Crippen LogP contribution in [0, 0.1) is 3.83 Å². The van der Waals surface area contributed by atoms with Crippen molar-refractivity contribution in [3.8, 4) is 11.5 Å². The molecular formula is C17H18IN5O3. The van der Waals surface area contributed by atoms with Gasteiger partial charge in [0.1, 0.15) is 17.7 Å². The standard InChI is InChI=1S/C17H18IN5O3/c1-25-10-5-6-12(24)11(8-10)20-15-14-16(22-17(18)21-15)23(9-19-14)13-4-2-3-7-26-13/h5-6,8-9,13,24H,2-4,7H2,1H3,(H,20,21,22). The second kappa shape index (κ2) is 7.23. The molecule has 2 aromatic heterocycles. The van der Waals surface area contributed by atoms with E-state index in [-0.39, 0.29) is 12.0 Å². The summed E-state index contributed by atoms with van der Waals surface area (Å²) in [5.41, 5.74) is 1.83. The molecule has 0 bridgehead atoms. The summed E-state index contributed by atoms with van der Waals surface area (Å²) in [6.45, 7) is 0.745. The second-order valence-electron chi connectivity index (χ2n) is 5.99. The average molecular weight is 467 g/mol. The first-order chi connectivity index (χ1) is 12.7. The van der Waals surface area contributed by atoms with Gasteiger partial charge in [-0.05, 0) is 31.4 Å². The molecule has 3 heterocycles. The van der Waals surface area contributed by atoms with Crippen molar-refractivity contribution in [3.05, 3.63) is 28.4 Å². The van der Waals surface area contributed by atoms with E-state index in [0.717, 1.165) is 25.9 Å². The third-order valence-electron chi connectivity index (χ3n) is 4.32. The number of hydrogen-bond donors (Lipinski definition) is 2. The Labute approximate surface area is 163 Å². The van der Waals surface area contributed by atoms with Crippen LogP contribution >= 0.6 is 22.6 Å². The van der Waals surface area contributed by atoms with Crippen molar-refractivity contribution in [2.45, 2.75) is 25.5 Å². The maximum atomic E-state index is 10.1. The monoisotopic (exact) mass is 467 g/mol. The molecule has 0 radical (unpaired) electrons. The number of aromatic hydroxyl groups is 1. The van der Waals surface area contributed by atoms with Crippen molar-refractivity contribution < 1.29 is 14.6 Å². The van der Waals surface area contributed by atoms with E-state index in [4.69, 9.17) is 9.47 Å². The molecule has 0 spiro atoms. The Bertz CT molecular complexity index is 940. The molecule has 1 atom stereocenters. The zero-order valence-electron chi connectivity index (χ0n) is 14.1. The normalized spacial score (nSPS) is 17.4. The van der Waals surface area contributed by atoms with Crippen molar-refractivity contribution >= 4 is 45.3 Å². The third-order valence-corrected chi connectivity index (χ3v) is 4.80. The van der Waals surface area contributed by atoms with Crippen LogP contribution in [-0.4, -0.2) is 38.3 Å². The van der Waals surface area contributed by atoms with E-state index < -0.39 is 0 Å². The summed E-state index contributed by atoms with van der Waals surface area (Å²) in [6, 6.07) is 4.96. The molecule has 1 saturated heterocycles. The number of halogens is 1. The van der Waals surface area contributed by atoms with E-state index >= 15 is 0 Å². The summed E-state index contributed by atoms with van der Waals surface area (Å²) in [6.07, 6.45) is 4.82. The number of fused-ring (bicyclic) bond motifs is 1. The zero-order valence-corrected chi connectivity index (χ0v) is 16.3. The Morgan fingerprint density at radius 1 is 1.35 bits per heavy atom. The number of benzene rings is 1. The van der Waals surface area contributed by atoms with Crippen LogP contribution in [-0.2, 0) is 4.74 Å². The average Bonchev–Trinajstić information content (AvgIpc) is 3.08. The number of anilines is 2. The van der Waals surface area contributed by atoms with Gasteiger partial charge in [-0.2, -0.15) is 0 Å². The van der Waals surface area contributed by atoms with Gasteiger partial charge in [0.2, 0.25) is 0 Å². The number of ether oxygens (including phenoxy) is 2. The molecule has 0 aliphatic carbocycles. The van der Waals surface area contributed by atoms with Gasteiger partial charge in [-0.25, -0.2) is 15.0 Å². The van der Waals surface area contributed by atoms with Gasteiger partial charge < -0.3 is 19.9 Å². The first kappa shape index (κ1) is 17.3. The number of hydrogen-bond acceptors (Lipinski definition) is 7. The largest absolute Gasteiger partial charge is 0.506 e. The van der Waals surface area contributed by atoms with Crippen LogP contribution in [0.2, 0.25) is 0 Å². The maximum absolute atomic E-state index is 10.1. The van der Waals surface area contributed by atoms with Gasteiger partial charge in [-0.1, -0.05) is 0 Å². The fraction of sp³-hybridized carbons (Fsp3) is 0.353. The number of phenols is 1. The summed E-state index contributed by atoms with van der Waals surface area (Å²) in [5.74, 6) is 1.26. The smallest absolute Gasteiger partial charge is 0.194 e. The molecule has 136 valence electrons. The van der Waals surface area contributed by atoms with Gasteiger partial charge in [0.25, 0.3) is 0 Å². The molecule has 1 aromatic carbocycles. The molecule has 1 aliphatic heterocycles. The Morgan fingerprint density at radius 2 is 2.23 bits per heavy atom. The lowest BCUT2D eigenvalue weighted by molar-refractivity contribution is -0.0298. The molecule has 2 N–H and O–H groups in total. The molecule has 0 saturated carbocycles. The molecular weight excluding hydrogens is 449 g/mol. The SMILES string of the molecule is COc1ccc(O)c(Nc2nc(I)nc3c2ncn3C2CCCCO2)c1. The molecule has 4 rings (SSSR count). The summed E-state index contributed by atoms with van der Waals surface area (Å²) in [4.78, 5) is 13.5. The van der Waals surface area contributed by atoms with Crippen LogP contribution in [0.25, 0.3) is 11.2 Å². The van der Waals surface area contributed by atoms with E-state index in [1.807, 2.05) is 4.57 Å². The van der Waals surface area contributed by atoms with Crippen molar-refractivity contribution in [2.75, 3.05) is 19.0 Å². The first-order valence-electron chi connectivity index (χ1n) is 8.31. The highest BCUT2D eigenvalue weighted by Gasteiger charge is 2.21. The number of imidazole rings is 1. The molecule has 0 amide bonds. The highest BCUT2D eigenvalue weighted by Crippen LogP contribution is 2.33. The van der Waals surface area contributed by atoms with Crippen LogP contribution < -0.4 is 10.1 Å². The maximum Gasteiger partial charge on any atom is 0.194 e. The van der Waals surface area contributed by atoms with Gasteiger partial charge >= 0.3 is 0 Å². The minimum atomic E-state index is -0.0578. The molecule has 3 aromatic rings. The predicted molar refractivity (Wildman–Crippen MR) is 105 cm³/mol. The van der Waals surface area contributed by atoms with E-state index in [1.54, 1.807) is 31.6 Å². The van der Waals surface area contributed by atoms with Crippen molar-refractivity contribution in [3.63, 3.8) is 0 Å². The van der Waals surface area contributed by atoms with E-state index in [0.29, 0.717) is 32.2 Å². The van der Waals surface area contributed by atoms with Gasteiger partial charge in [0.15, 0.2) is 20.8 Å². The molecule has 9 heteroatoms. The fourth-order valence-electron chi connectivity index (χ4n) is 3.00. The number of aromatic nitrogens is 4. The van der Waals surface area contributed by atoms with E-state index in [2.05, 4.69) is 42.9 Å². The quantitative estimate of drug-likeness (QED) is 0.344. The molecule has 8 nitrogen and oxygen atoms in total. The lowest BCUT2D eigenvalue weighted by atomic mass is 10.2. The number of nitrogens with zero attached hydrogens (tertiary/aromatic N) is 4. The summed E-state index contributed by atoms with van der Waals surface area (Å²) < 4.78 is 13.6. The molecule has 26 heavy (non-hydrogen) atoms. The summed E-state index contributed by atoms with van der Waals surface area (Å²) >= 11 is 2.07. The Morgan fingerprint density at radius 3 is 3.00 bits per heavy atom. The van der Waals surface area contributed by atoms with Crippen molar-refractivity contribution in [1.82, 2.24) is 19.5 Å². The van der Waals surface area contributed by atoms with Crippen LogP contribution in [0.5, 0.6) is 11.5 Å². The third kappa shape index (κ3) is 3.28. The Hall–Kier alpha value is -2.14. The van der Waals surface area contributed by atoms with Gasteiger partial charge in [-0.3, -0.25) is 4.57 Å². The van der Waals surface area contributed by atoms with Gasteiger partial charge in [0.05, 0.1) is 19.1 Å². The van der Waals surface area contributed by atoms with Crippen molar-refractivity contribution in [1.29, 1.82) is 0 Å². The van der Waals surface area contributed by atoms with E-state index in [9.17, 15) is 5.11 Å². The minimum absolute atomic E-state index is 0.0578. The van der Waals surface area contributed by atoms with E-state index in [1.165, 1.54) is 0 Å². The summed E-state index contributed by atoms with van der Waals surface area (Å²) in [7, 11) is 1.58. The van der Waals surface area contributed by atoms with Crippen LogP contribution in [0.15, 0.2) is 24.5 Å². The number of rotatable bonds is 4. The topological polar surface area (TPSA) is 94.3 Å². The number of phenolic OH excluding ortho intramolecular Hbond substituents is 1. The lowest BCUT2D eigenvalue weighted by Gasteiger charge is -2.23. The molecule has 1 aliphatic rings. The fourth-order valence-corrected chi connectivity index (χ4v) is 3.47. The molecule has 1 unspecified atom stereocenters. The lowest BCUT2D eigenvalue weighted by Crippen LogP contribution is -2.18. The van der Waals surface area contributed by atoms with Crippen LogP contribution in [0.1, 0.15) is 25.5 Å². The Kier molecular flexibility index (Phi) is 4.81. The highest BCUT2D eigenvalue weighted by atomic mass is 127. The second-order valence-corrected chi connectivity index (χ2v) is 6.96. The van der Waals surface area contributed by atoms with Crippen LogP contribution in [0.3, 0.4) is 0 Å². The van der Waals surface area contributed by atoms with Crippen LogP contribution in [0.4, 0.5) is 11.5 Å². The van der Waals surface area contributed by atoms with Gasteiger partial charge in [-0.15, -0.1) is 0 Å². The zero-order chi connectivity index (χ0) is 18.1. The predicted octanol–water partition coefficient (Wildman–Crippen LogP) is 3.59. The molecule has 1 fully saturated rings. The van der Waals surface area contributed by atoms with Gasteiger partial charge in [0, 0.05) is 35.3 Å². The number of nitrogens with one attached hydrogen (secondary N) is 1.